The summed E-state index contributed by atoms with van der Waals surface area (Å²) in [6, 6.07) is 42.9. The number of benzene rings is 6. The Hall–Kier alpha value is -4.75. The second-order valence-electron chi connectivity index (χ2n) is 12.1. The molecule has 0 amide bonds. The Morgan fingerprint density at radius 3 is 2.00 bits per heavy atom. The zero-order valence-electron chi connectivity index (χ0n) is 23.9. The molecule has 1 heterocycles. The van der Waals surface area contributed by atoms with Gasteiger partial charge in [0.25, 0.3) is 0 Å². The van der Waals surface area contributed by atoms with E-state index in [2.05, 4.69) is 136 Å². The molecule has 0 aliphatic heterocycles. The van der Waals surface area contributed by atoms with Gasteiger partial charge in [0.2, 0.25) is 0 Å². The van der Waals surface area contributed by atoms with E-state index in [4.69, 9.17) is 4.98 Å². The van der Waals surface area contributed by atoms with Crippen molar-refractivity contribution in [2.45, 2.75) is 33.1 Å². The number of rotatable bonds is 2. The SMILES string of the molecule is Cc1ccc2c(-c3ccc4nc(C)ccc4c3)c3ccccc3c(-c3ccc4c(c3)C(C)(C)c3ccccc3-4)c2c1. The van der Waals surface area contributed by atoms with Gasteiger partial charge < -0.3 is 0 Å². The highest BCUT2D eigenvalue weighted by Gasteiger charge is 2.35. The molecule has 0 unspecified atom stereocenters. The van der Waals surface area contributed by atoms with E-state index in [9.17, 15) is 0 Å². The molecule has 7 aromatic rings. The van der Waals surface area contributed by atoms with E-state index in [1.807, 2.05) is 6.92 Å². The standard InChI is InChI=1S/C40H31N/c1-24-13-18-33-34(21-24)39(28-16-19-30-29-9-7-8-12-35(29)40(3,4)36(30)23-28)32-11-6-5-10-31(32)38(33)27-17-20-37-26(22-27)15-14-25(2)41-37/h5-23H,1-4H3. The highest BCUT2D eigenvalue weighted by Crippen LogP contribution is 2.51. The molecule has 0 saturated carbocycles. The number of aromatic nitrogens is 1. The Morgan fingerprint density at radius 2 is 1.17 bits per heavy atom. The maximum Gasteiger partial charge on any atom is 0.0705 e. The molecular weight excluding hydrogens is 494 g/mol. The molecule has 1 aliphatic rings. The topological polar surface area (TPSA) is 12.9 Å². The van der Waals surface area contributed by atoms with Crippen molar-refractivity contribution >= 4 is 32.4 Å². The third-order valence-corrected chi connectivity index (χ3v) is 9.17. The Balaban J connectivity index is 1.44. The summed E-state index contributed by atoms with van der Waals surface area (Å²) in [7, 11) is 0. The van der Waals surface area contributed by atoms with E-state index >= 15 is 0 Å². The van der Waals surface area contributed by atoms with E-state index < -0.39 is 0 Å². The van der Waals surface area contributed by atoms with Gasteiger partial charge in [0, 0.05) is 16.5 Å². The molecule has 0 N–H and O–H groups in total. The third kappa shape index (κ3) is 3.52. The van der Waals surface area contributed by atoms with Crippen LogP contribution in [0.1, 0.15) is 36.2 Å². The van der Waals surface area contributed by atoms with Crippen molar-refractivity contribution in [2.24, 2.45) is 0 Å². The zero-order chi connectivity index (χ0) is 27.9. The van der Waals surface area contributed by atoms with Crippen LogP contribution >= 0.6 is 0 Å². The van der Waals surface area contributed by atoms with Gasteiger partial charge in [-0.2, -0.15) is 0 Å². The predicted molar refractivity (Wildman–Crippen MR) is 175 cm³/mol. The number of fused-ring (bicyclic) bond motifs is 6. The Kier molecular flexibility index (Phi) is 5.06. The van der Waals surface area contributed by atoms with Crippen molar-refractivity contribution in [3.8, 4) is 33.4 Å². The van der Waals surface area contributed by atoms with Crippen LogP contribution in [0, 0.1) is 13.8 Å². The van der Waals surface area contributed by atoms with Gasteiger partial charge in [-0.25, -0.2) is 0 Å². The molecule has 196 valence electrons. The van der Waals surface area contributed by atoms with Gasteiger partial charge in [0.15, 0.2) is 0 Å². The monoisotopic (exact) mass is 525 g/mol. The molecule has 0 bridgehead atoms. The van der Waals surface area contributed by atoms with Crippen LogP contribution in [0.2, 0.25) is 0 Å². The first kappa shape index (κ1) is 24.1. The molecule has 8 rings (SSSR count). The Morgan fingerprint density at radius 1 is 0.512 bits per heavy atom. The van der Waals surface area contributed by atoms with E-state index in [0.717, 1.165) is 11.2 Å². The Bertz CT molecular complexity index is 2200. The van der Waals surface area contributed by atoms with Crippen LogP contribution in [0.5, 0.6) is 0 Å². The fourth-order valence-corrected chi connectivity index (χ4v) is 7.16. The molecule has 6 aromatic carbocycles. The van der Waals surface area contributed by atoms with Gasteiger partial charge >= 0.3 is 0 Å². The summed E-state index contributed by atoms with van der Waals surface area (Å²) in [5.41, 5.74) is 14.0. The highest BCUT2D eigenvalue weighted by molar-refractivity contribution is 6.22. The van der Waals surface area contributed by atoms with Crippen molar-refractivity contribution in [1.82, 2.24) is 4.98 Å². The van der Waals surface area contributed by atoms with Gasteiger partial charge in [-0.15, -0.1) is 0 Å². The summed E-state index contributed by atoms with van der Waals surface area (Å²) in [5, 5.41) is 6.32. The minimum Gasteiger partial charge on any atom is -0.253 e. The minimum absolute atomic E-state index is 0.0408. The summed E-state index contributed by atoms with van der Waals surface area (Å²) < 4.78 is 0. The van der Waals surface area contributed by atoms with Gasteiger partial charge in [-0.05, 0) is 104 Å². The quantitative estimate of drug-likeness (QED) is 0.205. The normalized spacial score (nSPS) is 13.6. The summed E-state index contributed by atoms with van der Waals surface area (Å²) in [5.74, 6) is 0. The first-order valence-electron chi connectivity index (χ1n) is 14.5. The summed E-state index contributed by atoms with van der Waals surface area (Å²) in [4.78, 5) is 4.76. The molecule has 1 aliphatic carbocycles. The maximum absolute atomic E-state index is 4.76. The van der Waals surface area contributed by atoms with Crippen molar-refractivity contribution in [2.75, 3.05) is 0 Å². The van der Waals surface area contributed by atoms with Gasteiger partial charge in [0.1, 0.15) is 0 Å². The lowest BCUT2D eigenvalue weighted by Crippen LogP contribution is -2.14. The van der Waals surface area contributed by atoms with E-state index in [0.29, 0.717) is 0 Å². The van der Waals surface area contributed by atoms with Crippen LogP contribution in [0.3, 0.4) is 0 Å². The largest absolute Gasteiger partial charge is 0.253 e. The molecule has 0 saturated heterocycles. The maximum atomic E-state index is 4.76. The smallest absolute Gasteiger partial charge is 0.0705 e. The second kappa shape index (κ2) is 8.62. The molecule has 1 nitrogen and oxygen atoms in total. The van der Waals surface area contributed by atoms with Crippen molar-refractivity contribution < 1.29 is 0 Å². The lowest BCUT2D eigenvalue weighted by Gasteiger charge is -2.23. The van der Waals surface area contributed by atoms with Crippen LogP contribution in [0.4, 0.5) is 0 Å². The Labute approximate surface area is 241 Å². The molecule has 0 spiro atoms. The predicted octanol–water partition coefficient (Wildman–Crippen LogP) is 10.8. The van der Waals surface area contributed by atoms with E-state index in [-0.39, 0.29) is 5.41 Å². The van der Waals surface area contributed by atoms with Crippen molar-refractivity contribution in [3.63, 3.8) is 0 Å². The summed E-state index contributed by atoms with van der Waals surface area (Å²) >= 11 is 0. The molecule has 0 atom stereocenters. The summed E-state index contributed by atoms with van der Waals surface area (Å²) in [6.45, 7) is 8.97. The highest BCUT2D eigenvalue weighted by atomic mass is 14.7. The first-order chi connectivity index (χ1) is 19.9. The number of pyridine rings is 1. The number of hydrogen-bond donors (Lipinski definition) is 0. The van der Waals surface area contributed by atoms with Gasteiger partial charge in [-0.1, -0.05) is 110 Å². The van der Waals surface area contributed by atoms with Gasteiger partial charge in [-0.3, -0.25) is 4.98 Å². The number of aryl methyl sites for hydroxylation is 2. The fraction of sp³-hybridized carbons (Fsp3) is 0.125. The molecule has 0 radical (unpaired) electrons. The summed E-state index contributed by atoms with van der Waals surface area (Å²) in [6.07, 6.45) is 0. The first-order valence-corrected chi connectivity index (χ1v) is 14.5. The molecule has 0 fully saturated rings. The van der Waals surface area contributed by atoms with Crippen LogP contribution in [-0.4, -0.2) is 4.98 Å². The second-order valence-corrected chi connectivity index (χ2v) is 12.1. The molecule has 1 heteroatoms. The van der Waals surface area contributed by atoms with E-state index in [1.54, 1.807) is 0 Å². The third-order valence-electron chi connectivity index (χ3n) is 9.17. The fourth-order valence-electron chi connectivity index (χ4n) is 7.16. The van der Waals surface area contributed by atoms with Crippen molar-refractivity contribution in [1.29, 1.82) is 0 Å². The van der Waals surface area contributed by atoms with Crippen LogP contribution in [-0.2, 0) is 5.41 Å². The van der Waals surface area contributed by atoms with Crippen LogP contribution < -0.4 is 0 Å². The van der Waals surface area contributed by atoms with Crippen molar-refractivity contribution in [3.05, 3.63) is 138 Å². The molecular formula is C40H31N. The zero-order valence-corrected chi connectivity index (χ0v) is 23.9. The average molecular weight is 526 g/mol. The van der Waals surface area contributed by atoms with Crippen LogP contribution in [0.25, 0.3) is 65.8 Å². The number of nitrogens with zero attached hydrogens (tertiary/aromatic N) is 1. The van der Waals surface area contributed by atoms with E-state index in [1.165, 1.54) is 77.0 Å². The minimum atomic E-state index is -0.0408. The molecule has 41 heavy (non-hydrogen) atoms. The van der Waals surface area contributed by atoms with Gasteiger partial charge in [0.05, 0.1) is 5.52 Å². The lowest BCUT2D eigenvalue weighted by atomic mass is 9.80. The van der Waals surface area contributed by atoms with Crippen LogP contribution in [0.15, 0.2) is 115 Å². The average Bonchev–Trinajstić information content (AvgIpc) is 3.21. The number of hydrogen-bond acceptors (Lipinski definition) is 1. The molecule has 1 aromatic heterocycles. The lowest BCUT2D eigenvalue weighted by molar-refractivity contribution is 0.660.